The van der Waals surface area contributed by atoms with E-state index in [1.807, 2.05) is 4.90 Å². The van der Waals surface area contributed by atoms with Crippen LogP contribution in [-0.2, 0) is 9.59 Å². The number of nitrogens with zero attached hydrogens (tertiary/aromatic N) is 1. The van der Waals surface area contributed by atoms with Crippen molar-refractivity contribution in [3.8, 4) is 12.8 Å². The molecule has 0 radical (unpaired) electrons. The highest BCUT2D eigenvalue weighted by Crippen LogP contribution is 2.05. The minimum Gasteiger partial charge on any atom is -0.370 e. The van der Waals surface area contributed by atoms with Crippen molar-refractivity contribution in [1.29, 1.82) is 0 Å². The zero-order valence-corrected chi connectivity index (χ0v) is 8.82. The van der Waals surface area contributed by atoms with Crippen LogP contribution in [0.15, 0.2) is 0 Å². The molecule has 1 fully saturated rings. The van der Waals surface area contributed by atoms with Crippen LogP contribution in [0.3, 0.4) is 0 Å². The number of rotatable bonds is 0. The van der Waals surface area contributed by atoms with Gasteiger partial charge >= 0.3 is 0 Å². The van der Waals surface area contributed by atoms with Crippen LogP contribution in [-0.4, -0.2) is 29.8 Å². The maximum Gasteiger partial charge on any atom is 0.219 e. The first-order valence-corrected chi connectivity index (χ1v) is 4.39. The normalized spacial score (nSPS) is 11.4. The first kappa shape index (κ1) is 24.0. The van der Waals surface area contributed by atoms with Crippen molar-refractivity contribution in [2.75, 3.05) is 13.1 Å². The highest BCUT2D eigenvalue weighted by Gasteiger charge is 2.12. The van der Waals surface area contributed by atoms with E-state index in [-0.39, 0.29) is 28.1 Å². The Kier molecular flexibility index (Phi) is 23.9. The fraction of sp³-hybridized carbons (Fsp3) is 0.667. The lowest BCUT2D eigenvalue weighted by Gasteiger charge is -2.10. The van der Waals surface area contributed by atoms with Crippen LogP contribution < -0.4 is 5.73 Å². The van der Waals surface area contributed by atoms with Gasteiger partial charge in [0.05, 0.1) is 0 Å². The third kappa shape index (κ3) is 18.3. The summed E-state index contributed by atoms with van der Waals surface area (Å²) in [6, 6.07) is 0. The second kappa shape index (κ2) is 15.9. The molecule has 1 heterocycles. The molecule has 1 aliphatic heterocycles. The molecule has 1 saturated heterocycles. The molecule has 0 saturated carbocycles. The van der Waals surface area contributed by atoms with Crippen LogP contribution in [0, 0.1) is 12.8 Å². The molecular weight excluding hydrogens is 204 g/mol. The second-order valence-corrected chi connectivity index (χ2v) is 2.82. The minimum atomic E-state index is -0.333. The summed E-state index contributed by atoms with van der Waals surface area (Å²) >= 11 is 0. The number of amides is 2. The van der Waals surface area contributed by atoms with E-state index in [2.05, 4.69) is 18.6 Å². The van der Waals surface area contributed by atoms with E-state index in [0.717, 1.165) is 13.1 Å². The van der Waals surface area contributed by atoms with Crippen LogP contribution in [0.1, 0.15) is 43.0 Å². The highest BCUT2D eigenvalue weighted by atomic mass is 16.2. The zero-order valence-electron chi connectivity index (χ0n) is 8.82. The number of hydrogen-bond donors (Lipinski definition) is 1. The van der Waals surface area contributed by atoms with Crippen molar-refractivity contribution in [3.05, 3.63) is 0 Å². The fourth-order valence-electron chi connectivity index (χ4n) is 1.03. The number of carbonyl (C=O) groups excluding carboxylic acids is 2. The smallest absolute Gasteiger partial charge is 0.219 e. The van der Waals surface area contributed by atoms with E-state index in [0.29, 0.717) is 0 Å². The molecule has 1 aliphatic rings. The van der Waals surface area contributed by atoms with Gasteiger partial charge in [0, 0.05) is 28.4 Å². The van der Waals surface area contributed by atoms with E-state index in [1.54, 1.807) is 6.92 Å². The van der Waals surface area contributed by atoms with E-state index in [1.165, 1.54) is 19.8 Å². The SMILES string of the molecule is C.C.C#C.CC(=O)N1CCCC1.CC(N)=O.[HH]. The Morgan fingerprint density at radius 1 is 1.12 bits per heavy atom. The van der Waals surface area contributed by atoms with Crippen molar-refractivity contribution in [2.24, 2.45) is 5.73 Å². The maximum absolute atomic E-state index is 10.6. The van der Waals surface area contributed by atoms with Gasteiger partial charge in [-0.1, -0.05) is 14.9 Å². The third-order valence-corrected chi connectivity index (χ3v) is 1.55. The molecule has 4 heteroatoms. The summed E-state index contributed by atoms with van der Waals surface area (Å²) in [6.07, 6.45) is 10.4. The standard InChI is InChI=1S/C6H11NO.C2H5NO.C2H2.2CH4.H2/c1-6(8)7-4-2-3-5-7;1-2(3)4;1-2;;;/h2-5H2,1H3;1H3,(H2,3,4);1-2H;2*1H4;1H. The monoisotopic (exact) mass is 232 g/mol. The molecule has 98 valence electrons. The van der Waals surface area contributed by atoms with Gasteiger partial charge < -0.3 is 10.6 Å². The molecule has 4 nitrogen and oxygen atoms in total. The van der Waals surface area contributed by atoms with Gasteiger partial charge in [0.15, 0.2) is 0 Å². The van der Waals surface area contributed by atoms with E-state index in [4.69, 9.17) is 0 Å². The number of nitrogens with two attached hydrogens (primary N) is 1. The number of carbonyl (C=O) groups is 2. The number of hydrogen-bond acceptors (Lipinski definition) is 2. The molecule has 0 unspecified atom stereocenters. The first-order chi connectivity index (χ1) is 6.54. The average molecular weight is 232 g/mol. The molecule has 0 spiro atoms. The first-order valence-electron chi connectivity index (χ1n) is 4.39. The van der Waals surface area contributed by atoms with E-state index < -0.39 is 0 Å². The zero-order chi connectivity index (χ0) is 11.6. The summed E-state index contributed by atoms with van der Waals surface area (Å²) in [5, 5.41) is 0. The van der Waals surface area contributed by atoms with Crippen molar-refractivity contribution < 1.29 is 11.0 Å². The maximum atomic E-state index is 10.6. The topological polar surface area (TPSA) is 63.4 Å². The Balaban J connectivity index is -0.0000000475. The number of primary amides is 1. The molecule has 0 aliphatic carbocycles. The Morgan fingerprint density at radius 2 is 1.38 bits per heavy atom. The summed E-state index contributed by atoms with van der Waals surface area (Å²) in [6.45, 7) is 4.90. The van der Waals surface area contributed by atoms with Gasteiger partial charge in [0.2, 0.25) is 11.8 Å². The van der Waals surface area contributed by atoms with Gasteiger partial charge in [-0.3, -0.25) is 9.59 Å². The van der Waals surface area contributed by atoms with Gasteiger partial charge in [-0.05, 0) is 12.8 Å². The van der Waals surface area contributed by atoms with Gasteiger partial charge in [0.25, 0.3) is 0 Å². The molecule has 2 N–H and O–H groups in total. The Morgan fingerprint density at radius 3 is 1.50 bits per heavy atom. The molecule has 1 rings (SSSR count). The Bertz CT molecular complexity index is 196. The average Bonchev–Trinajstić information content (AvgIpc) is 2.58. The minimum absolute atomic E-state index is 0. The predicted molar refractivity (Wildman–Crippen MR) is 71.8 cm³/mol. The summed E-state index contributed by atoms with van der Waals surface area (Å²) < 4.78 is 0. The summed E-state index contributed by atoms with van der Waals surface area (Å²) in [7, 11) is 0. The van der Waals surface area contributed by atoms with E-state index >= 15 is 0 Å². The van der Waals surface area contributed by atoms with Gasteiger partial charge in [-0.2, -0.15) is 0 Å². The van der Waals surface area contributed by atoms with Gasteiger partial charge in [-0.15, -0.1) is 12.8 Å². The van der Waals surface area contributed by atoms with Crippen molar-refractivity contribution >= 4 is 11.8 Å². The van der Waals surface area contributed by atoms with Crippen LogP contribution in [0.5, 0.6) is 0 Å². The van der Waals surface area contributed by atoms with Crippen LogP contribution in [0.25, 0.3) is 0 Å². The quantitative estimate of drug-likeness (QED) is 0.648. The molecule has 0 bridgehead atoms. The lowest BCUT2D eigenvalue weighted by molar-refractivity contribution is -0.127. The molecule has 16 heavy (non-hydrogen) atoms. The van der Waals surface area contributed by atoms with Gasteiger partial charge in [-0.25, -0.2) is 0 Å². The summed E-state index contributed by atoms with van der Waals surface area (Å²) in [4.78, 5) is 21.7. The van der Waals surface area contributed by atoms with Crippen molar-refractivity contribution in [1.82, 2.24) is 4.90 Å². The van der Waals surface area contributed by atoms with Crippen molar-refractivity contribution in [2.45, 2.75) is 41.5 Å². The van der Waals surface area contributed by atoms with Crippen LogP contribution >= 0.6 is 0 Å². The molecular formula is C12H28N2O2. The summed E-state index contributed by atoms with van der Waals surface area (Å²) in [5.74, 6) is -0.109. The third-order valence-electron chi connectivity index (χ3n) is 1.55. The highest BCUT2D eigenvalue weighted by molar-refractivity contribution is 5.73. The summed E-state index contributed by atoms with van der Waals surface area (Å²) in [5.41, 5.74) is 4.47. The van der Waals surface area contributed by atoms with Crippen LogP contribution in [0.2, 0.25) is 0 Å². The second-order valence-electron chi connectivity index (χ2n) is 2.82. The van der Waals surface area contributed by atoms with Gasteiger partial charge in [0.1, 0.15) is 0 Å². The fourth-order valence-corrected chi connectivity index (χ4v) is 1.03. The predicted octanol–water partition coefficient (Wildman–Crippen LogP) is 1.89. The number of likely N-dealkylation sites (tertiary alicyclic amines) is 1. The lowest BCUT2D eigenvalue weighted by atomic mass is 10.4. The molecule has 2 amide bonds. The molecule has 0 aromatic carbocycles. The van der Waals surface area contributed by atoms with E-state index in [9.17, 15) is 9.59 Å². The van der Waals surface area contributed by atoms with Crippen molar-refractivity contribution in [3.63, 3.8) is 0 Å². The Labute approximate surface area is 102 Å². The molecule has 0 aromatic heterocycles. The largest absolute Gasteiger partial charge is 0.370 e. The van der Waals surface area contributed by atoms with Crippen LogP contribution in [0.4, 0.5) is 0 Å². The number of terminal acetylenes is 1. The molecule has 0 aromatic rings. The Hall–Kier alpha value is -1.50. The lowest BCUT2D eigenvalue weighted by Crippen LogP contribution is -2.24. The molecule has 0 atom stereocenters.